The van der Waals surface area contributed by atoms with Gasteiger partial charge in [-0.25, -0.2) is 18.0 Å². The van der Waals surface area contributed by atoms with Crippen LogP contribution < -0.4 is 10.2 Å². The van der Waals surface area contributed by atoms with Gasteiger partial charge in [-0.1, -0.05) is 18.2 Å². The summed E-state index contributed by atoms with van der Waals surface area (Å²) in [5.41, 5.74) is -0.706. The molecule has 0 radical (unpaired) electrons. The first-order valence-electron chi connectivity index (χ1n) is 13.0. The third-order valence-corrected chi connectivity index (χ3v) is 8.45. The van der Waals surface area contributed by atoms with Gasteiger partial charge in [0.25, 0.3) is 0 Å². The first-order chi connectivity index (χ1) is 20.3. The average Bonchev–Trinajstić information content (AvgIpc) is 2.97. The number of carbonyl (C=O) groups excluding carboxylic acids is 2. The number of amides is 2. The number of aliphatic hydroxyl groups is 1. The van der Waals surface area contributed by atoms with Crippen LogP contribution in [0, 0.1) is 16.7 Å². The number of sulfone groups is 1. The molecule has 1 heterocycles. The molecular weight excluding hydrogens is 591 g/mol. The highest BCUT2D eigenvalue weighted by molar-refractivity contribution is 7.91. The number of rotatable bonds is 10. The highest BCUT2D eigenvalue weighted by Crippen LogP contribution is 2.41. The van der Waals surface area contributed by atoms with Crippen molar-refractivity contribution in [3.63, 3.8) is 0 Å². The molecule has 3 rings (SSSR count). The number of nitrogens with zero attached hydrogens (tertiary/aromatic N) is 3. The van der Waals surface area contributed by atoms with Crippen molar-refractivity contribution in [1.29, 1.82) is 10.7 Å². The Balaban J connectivity index is 2.10. The molecule has 1 aliphatic rings. The number of alkyl halides is 3. The van der Waals surface area contributed by atoms with E-state index in [0.717, 1.165) is 35.1 Å². The molecule has 0 saturated carbocycles. The molecule has 0 bridgehead atoms. The van der Waals surface area contributed by atoms with Gasteiger partial charge >= 0.3 is 18.2 Å². The number of allylic oxidation sites excluding steroid dienone is 1. The average molecular weight is 622 g/mol. The Hall–Kier alpha value is -4.42. The van der Waals surface area contributed by atoms with Gasteiger partial charge in [0.1, 0.15) is 15.9 Å². The second-order valence-electron chi connectivity index (χ2n) is 9.52. The topological polar surface area (TPSA) is 164 Å². The molecule has 230 valence electrons. The minimum Gasteiger partial charge on any atom is -0.466 e. The molecule has 1 aliphatic heterocycles. The predicted molar refractivity (Wildman–Crippen MR) is 150 cm³/mol. The maximum Gasteiger partial charge on any atom is 0.416 e. The van der Waals surface area contributed by atoms with Crippen LogP contribution in [0.1, 0.15) is 42.5 Å². The summed E-state index contributed by atoms with van der Waals surface area (Å²) < 4.78 is 69.9. The van der Waals surface area contributed by atoms with Crippen LogP contribution in [0.25, 0.3) is 0 Å². The van der Waals surface area contributed by atoms with E-state index < -0.39 is 45.6 Å². The third-order valence-electron chi connectivity index (χ3n) is 6.63. The highest BCUT2D eigenvalue weighted by Gasteiger charge is 2.44. The summed E-state index contributed by atoms with van der Waals surface area (Å²) in [5, 5.41) is 29.6. The molecule has 3 N–H and O–H groups in total. The van der Waals surface area contributed by atoms with Gasteiger partial charge in [0, 0.05) is 24.5 Å². The summed E-state index contributed by atoms with van der Waals surface area (Å²) in [6, 6.07) is 9.60. The van der Waals surface area contributed by atoms with E-state index >= 15 is 0 Å². The van der Waals surface area contributed by atoms with Crippen LogP contribution in [0.2, 0.25) is 0 Å². The van der Waals surface area contributed by atoms with Crippen molar-refractivity contribution in [2.45, 2.75) is 32.0 Å². The van der Waals surface area contributed by atoms with E-state index in [1.165, 1.54) is 37.3 Å². The Morgan fingerprint density at radius 2 is 1.79 bits per heavy atom. The molecule has 0 aliphatic carbocycles. The first-order valence-corrected chi connectivity index (χ1v) is 14.8. The van der Waals surface area contributed by atoms with Gasteiger partial charge in [0.15, 0.2) is 0 Å². The van der Waals surface area contributed by atoms with Crippen molar-refractivity contribution in [2.24, 2.45) is 0 Å². The first kappa shape index (κ1) is 33.1. The number of nitriles is 1. The quantitative estimate of drug-likeness (QED) is 0.267. The van der Waals surface area contributed by atoms with E-state index in [1.54, 1.807) is 0 Å². The smallest absolute Gasteiger partial charge is 0.416 e. The van der Waals surface area contributed by atoms with E-state index in [0.29, 0.717) is 5.56 Å². The molecular formula is C28H30F3N5O6S. The van der Waals surface area contributed by atoms with E-state index in [4.69, 9.17) is 15.3 Å². The van der Waals surface area contributed by atoms with E-state index in [1.807, 2.05) is 6.07 Å². The van der Waals surface area contributed by atoms with Crippen LogP contribution in [-0.4, -0.2) is 68.2 Å². The van der Waals surface area contributed by atoms with Gasteiger partial charge < -0.3 is 15.2 Å². The van der Waals surface area contributed by atoms with Crippen LogP contribution in [0.4, 0.5) is 23.7 Å². The second-order valence-corrected chi connectivity index (χ2v) is 11.8. The van der Waals surface area contributed by atoms with Gasteiger partial charge in [0.05, 0.1) is 41.4 Å². The van der Waals surface area contributed by atoms with E-state index in [9.17, 15) is 36.4 Å². The number of guanidine groups is 1. The van der Waals surface area contributed by atoms with Gasteiger partial charge in [0.2, 0.25) is 5.96 Å². The number of nitrogens with one attached hydrogen (secondary N) is 2. The van der Waals surface area contributed by atoms with Crippen molar-refractivity contribution in [3.05, 3.63) is 76.5 Å². The Morgan fingerprint density at radius 1 is 1.14 bits per heavy atom. The Labute approximate surface area is 246 Å². The molecule has 0 unspecified atom stereocenters. The molecule has 43 heavy (non-hydrogen) atoms. The number of methoxy groups -OCH3 is 1. The second kappa shape index (κ2) is 13.7. The van der Waals surface area contributed by atoms with Crippen molar-refractivity contribution < 1.29 is 41.0 Å². The van der Waals surface area contributed by atoms with Crippen molar-refractivity contribution in [2.75, 3.05) is 36.7 Å². The number of benzene rings is 2. The lowest BCUT2D eigenvalue weighted by Gasteiger charge is -2.43. The molecule has 2 amide bonds. The molecule has 11 nitrogen and oxygen atoms in total. The highest BCUT2D eigenvalue weighted by atomic mass is 32.2. The fourth-order valence-electron chi connectivity index (χ4n) is 4.57. The number of hydrogen-bond donors (Lipinski definition) is 3. The fourth-order valence-corrected chi connectivity index (χ4v) is 5.93. The summed E-state index contributed by atoms with van der Waals surface area (Å²) in [4.78, 5) is 28.7. The molecule has 2 aromatic rings. The standard InChI is InChI=1S/C28H30F3N5O6S/c1-18-23(25(38)42-2)24(20-10-8-19(17-32)9-11-20)36(27(39)34-12-4-14-43(40,41)15-5-13-37)26(33)35(18)22-7-3-6-21(16-22)28(29,30)31/h3,6-11,16,24,33,37H,4-5,12-15H2,1-2H3,(H,34,39)/t24-/m1/s1. The van der Waals surface area contributed by atoms with Crippen LogP contribution >= 0.6 is 0 Å². The summed E-state index contributed by atoms with van der Waals surface area (Å²) in [6.07, 6.45) is -4.64. The van der Waals surface area contributed by atoms with Crippen LogP contribution in [-0.2, 0) is 25.5 Å². The summed E-state index contributed by atoms with van der Waals surface area (Å²) in [5.74, 6) is -2.02. The number of anilines is 1. The zero-order chi connectivity index (χ0) is 31.9. The third kappa shape index (κ3) is 7.70. The molecule has 0 fully saturated rings. The van der Waals surface area contributed by atoms with Crippen molar-refractivity contribution in [1.82, 2.24) is 10.2 Å². The lowest BCUT2D eigenvalue weighted by atomic mass is 9.92. The molecule has 0 saturated heterocycles. The Kier molecular flexibility index (Phi) is 10.5. The molecule has 0 aromatic heterocycles. The van der Waals surface area contributed by atoms with Crippen LogP contribution in [0.5, 0.6) is 0 Å². The summed E-state index contributed by atoms with van der Waals surface area (Å²) >= 11 is 0. The zero-order valence-electron chi connectivity index (χ0n) is 23.3. The largest absolute Gasteiger partial charge is 0.466 e. The lowest BCUT2D eigenvalue weighted by Crippen LogP contribution is -2.56. The van der Waals surface area contributed by atoms with Gasteiger partial charge in [-0.05, 0) is 55.7 Å². The maximum atomic E-state index is 13.6. The van der Waals surface area contributed by atoms with Crippen molar-refractivity contribution in [3.8, 4) is 6.07 Å². The minimum absolute atomic E-state index is 0.00171. The Bertz CT molecular complexity index is 1550. The molecule has 2 aromatic carbocycles. The van der Waals surface area contributed by atoms with E-state index in [2.05, 4.69) is 5.32 Å². The number of aliphatic hydroxyl groups excluding tert-OH is 1. The number of ether oxygens (including phenoxy) is 1. The molecule has 0 spiro atoms. The Morgan fingerprint density at radius 3 is 2.37 bits per heavy atom. The maximum absolute atomic E-state index is 13.6. The fraction of sp³-hybridized carbons (Fsp3) is 0.357. The SMILES string of the molecule is COC(=O)C1=C(C)N(c2cccc(C(F)(F)F)c2)C(=N)N(C(=O)NCCCS(=O)(=O)CCCO)[C@@H]1c1ccc(C#N)cc1. The van der Waals surface area contributed by atoms with Gasteiger partial charge in [-0.3, -0.25) is 15.2 Å². The summed E-state index contributed by atoms with van der Waals surface area (Å²) in [7, 11) is -2.40. The van der Waals surface area contributed by atoms with Crippen LogP contribution in [0.15, 0.2) is 59.8 Å². The zero-order valence-corrected chi connectivity index (χ0v) is 24.1. The van der Waals surface area contributed by atoms with Gasteiger partial charge in [-0.2, -0.15) is 18.4 Å². The number of urea groups is 1. The lowest BCUT2D eigenvalue weighted by molar-refractivity contribution is -0.138. The number of halogens is 3. The minimum atomic E-state index is -4.71. The van der Waals surface area contributed by atoms with Gasteiger partial charge in [-0.15, -0.1) is 0 Å². The summed E-state index contributed by atoms with van der Waals surface area (Å²) in [6.45, 7) is 0.965. The number of hydrogen-bond acceptors (Lipinski definition) is 8. The monoisotopic (exact) mass is 621 g/mol. The van der Waals surface area contributed by atoms with Crippen LogP contribution in [0.3, 0.4) is 0 Å². The predicted octanol–water partition coefficient (Wildman–Crippen LogP) is 3.72. The number of esters is 1. The van der Waals surface area contributed by atoms with Crippen molar-refractivity contribution >= 4 is 33.5 Å². The molecule has 1 atom stereocenters. The normalized spacial score (nSPS) is 15.7. The molecule has 15 heteroatoms. The number of carbonyl (C=O) groups is 2. The van der Waals surface area contributed by atoms with E-state index in [-0.39, 0.29) is 60.0 Å².